The van der Waals surface area contributed by atoms with Gasteiger partial charge < -0.3 is 39.4 Å². The lowest BCUT2D eigenvalue weighted by Crippen LogP contribution is -2.14. The standard InChI is InChI=1S/C66H90N4O8/c1-9-17-25-47(13-5)43-75-63-35-55(67-39-51-29-21-23-31-59(51)71)57(37-65(63)77-45-49(15-7)27-19-11-3)69-41-53-33-62(74)54(34-61(53)73)42-70-58-38-66(78-46-50(16-8)28-20-12-4)64(76-44-48(14-6)26-18-10-2)36-56(58)68-40-52-30-22-24-32-60(52)72/h21-24,29-42,47-50,71-74H,9-20,25-28,43-46H2,1-8H3. The summed E-state index contributed by atoms with van der Waals surface area (Å²) < 4.78 is 26.4. The Bertz CT molecular complexity index is 2520. The van der Waals surface area contributed by atoms with Crippen LogP contribution in [0.2, 0.25) is 0 Å². The number of aromatic hydroxyl groups is 4. The van der Waals surface area contributed by atoms with E-state index in [0.717, 1.165) is 103 Å². The highest BCUT2D eigenvalue weighted by molar-refractivity contribution is 5.94. The highest BCUT2D eigenvalue weighted by Gasteiger charge is 2.20. The van der Waals surface area contributed by atoms with Crippen molar-refractivity contribution in [1.29, 1.82) is 0 Å². The van der Waals surface area contributed by atoms with E-state index in [0.29, 0.717) is 107 Å². The maximum Gasteiger partial charge on any atom is 0.163 e. The molecule has 4 atom stereocenters. The van der Waals surface area contributed by atoms with E-state index < -0.39 is 0 Å². The van der Waals surface area contributed by atoms with Crippen molar-refractivity contribution in [3.05, 3.63) is 107 Å². The van der Waals surface area contributed by atoms with E-state index in [1.807, 2.05) is 36.4 Å². The van der Waals surface area contributed by atoms with Crippen molar-refractivity contribution < 1.29 is 39.4 Å². The van der Waals surface area contributed by atoms with Crippen LogP contribution in [0.3, 0.4) is 0 Å². The molecule has 78 heavy (non-hydrogen) atoms. The average Bonchev–Trinajstić information content (AvgIpc) is 3.50. The summed E-state index contributed by atoms with van der Waals surface area (Å²) in [7, 11) is 0. The van der Waals surface area contributed by atoms with E-state index in [-0.39, 0.29) is 34.1 Å². The van der Waals surface area contributed by atoms with Crippen molar-refractivity contribution in [2.24, 2.45) is 43.6 Å². The van der Waals surface area contributed by atoms with Gasteiger partial charge in [-0.1, -0.05) is 157 Å². The number of hydrogen-bond donors (Lipinski definition) is 4. The average molecular weight is 1070 g/mol. The fraction of sp³-hybridized carbons (Fsp3) is 0.485. The van der Waals surface area contributed by atoms with Gasteiger partial charge in [0.2, 0.25) is 0 Å². The Balaban J connectivity index is 1.57. The molecule has 4 unspecified atom stereocenters. The first-order valence-electron chi connectivity index (χ1n) is 29.1. The molecule has 0 amide bonds. The van der Waals surface area contributed by atoms with E-state index in [9.17, 15) is 20.4 Å². The summed E-state index contributed by atoms with van der Waals surface area (Å²) in [6.07, 6.45) is 23.2. The molecule has 0 radical (unpaired) electrons. The Morgan fingerprint density at radius 2 is 0.603 bits per heavy atom. The Morgan fingerprint density at radius 3 is 0.846 bits per heavy atom. The molecule has 0 aliphatic carbocycles. The lowest BCUT2D eigenvalue weighted by atomic mass is 10.0. The molecule has 0 bridgehead atoms. The van der Waals surface area contributed by atoms with Gasteiger partial charge in [-0.05, 0) is 85.8 Å². The monoisotopic (exact) mass is 1070 g/mol. The molecule has 12 heteroatoms. The Kier molecular flexibility index (Phi) is 27.2. The molecule has 5 aromatic rings. The number of hydrogen-bond acceptors (Lipinski definition) is 12. The molecule has 0 saturated heterocycles. The van der Waals surface area contributed by atoms with Crippen molar-refractivity contribution in [1.82, 2.24) is 0 Å². The topological polar surface area (TPSA) is 167 Å². The fourth-order valence-electron chi connectivity index (χ4n) is 8.93. The number of aliphatic imine (C=N–C) groups is 4. The van der Waals surface area contributed by atoms with Gasteiger partial charge in [-0.3, -0.25) is 20.0 Å². The minimum Gasteiger partial charge on any atom is -0.507 e. The van der Waals surface area contributed by atoms with Crippen LogP contribution in [0.1, 0.15) is 180 Å². The second-order valence-corrected chi connectivity index (χ2v) is 20.6. The zero-order valence-corrected chi connectivity index (χ0v) is 48.1. The summed E-state index contributed by atoms with van der Waals surface area (Å²) >= 11 is 0. The summed E-state index contributed by atoms with van der Waals surface area (Å²) in [5.74, 6) is 3.53. The molecule has 0 fully saturated rings. The van der Waals surface area contributed by atoms with Crippen molar-refractivity contribution in [3.63, 3.8) is 0 Å². The summed E-state index contributed by atoms with van der Waals surface area (Å²) in [6.45, 7) is 19.6. The number of ether oxygens (including phenoxy) is 4. The molecule has 0 aliphatic rings. The van der Waals surface area contributed by atoms with Gasteiger partial charge in [0.25, 0.3) is 0 Å². The van der Waals surface area contributed by atoms with Crippen LogP contribution in [-0.2, 0) is 0 Å². The van der Waals surface area contributed by atoms with Crippen LogP contribution in [0.15, 0.2) is 105 Å². The molecule has 5 aromatic carbocycles. The van der Waals surface area contributed by atoms with Crippen LogP contribution in [0.25, 0.3) is 0 Å². The van der Waals surface area contributed by atoms with E-state index in [1.165, 1.54) is 24.6 Å². The SMILES string of the molecule is CCCCC(CC)COc1cc(N=Cc2ccccc2O)c(N=Cc2cc(O)c(C=Nc3cc(OCC(CC)CCCC)c(OCC(CC)CCCC)cc3N=Cc3ccccc3O)cc2O)cc1OCC(CC)CCCC. The van der Waals surface area contributed by atoms with Crippen molar-refractivity contribution >= 4 is 47.6 Å². The third-order valence-corrected chi connectivity index (χ3v) is 14.6. The van der Waals surface area contributed by atoms with E-state index in [4.69, 9.17) is 38.9 Å². The molecular weight excluding hydrogens is 977 g/mol. The first-order chi connectivity index (χ1) is 38.0. The zero-order chi connectivity index (χ0) is 56.1. The van der Waals surface area contributed by atoms with Crippen LogP contribution in [-0.4, -0.2) is 71.7 Å². The maximum absolute atomic E-state index is 11.6. The van der Waals surface area contributed by atoms with Crippen molar-refractivity contribution in [2.45, 2.75) is 158 Å². The summed E-state index contributed by atoms with van der Waals surface area (Å²) in [6, 6.07) is 24.1. The number of rotatable bonds is 36. The van der Waals surface area contributed by atoms with Crippen LogP contribution in [0, 0.1) is 23.7 Å². The molecule has 0 spiro atoms. The van der Waals surface area contributed by atoms with Crippen LogP contribution in [0.4, 0.5) is 22.7 Å². The highest BCUT2D eigenvalue weighted by atomic mass is 16.5. The first-order valence-corrected chi connectivity index (χ1v) is 29.1. The molecule has 12 nitrogen and oxygen atoms in total. The molecular formula is C66H90N4O8. The zero-order valence-electron chi connectivity index (χ0n) is 48.1. The van der Waals surface area contributed by atoms with Gasteiger partial charge in [0.1, 0.15) is 23.0 Å². The first kappa shape index (κ1) is 62.0. The van der Waals surface area contributed by atoms with Gasteiger partial charge in [-0.15, -0.1) is 0 Å². The largest absolute Gasteiger partial charge is 0.507 e. The predicted octanol–water partition coefficient (Wildman–Crippen LogP) is 17.9. The minimum atomic E-state index is -0.148. The number of phenols is 4. The third kappa shape index (κ3) is 19.9. The van der Waals surface area contributed by atoms with Crippen LogP contribution in [0.5, 0.6) is 46.0 Å². The van der Waals surface area contributed by atoms with Gasteiger partial charge in [-0.2, -0.15) is 0 Å². The summed E-state index contributed by atoms with van der Waals surface area (Å²) in [4.78, 5) is 19.4. The van der Waals surface area contributed by atoms with E-state index in [1.54, 1.807) is 48.8 Å². The highest BCUT2D eigenvalue weighted by Crippen LogP contribution is 2.43. The molecule has 5 rings (SSSR count). The Labute approximate surface area is 466 Å². The van der Waals surface area contributed by atoms with Crippen LogP contribution >= 0.6 is 0 Å². The van der Waals surface area contributed by atoms with Gasteiger partial charge in [0.05, 0.1) is 49.2 Å². The fourth-order valence-corrected chi connectivity index (χ4v) is 8.93. The predicted molar refractivity (Wildman–Crippen MR) is 323 cm³/mol. The lowest BCUT2D eigenvalue weighted by Gasteiger charge is -2.21. The smallest absolute Gasteiger partial charge is 0.163 e. The molecule has 422 valence electrons. The van der Waals surface area contributed by atoms with E-state index in [2.05, 4.69) is 55.4 Å². The number of unbranched alkanes of at least 4 members (excludes halogenated alkanes) is 4. The van der Waals surface area contributed by atoms with Crippen LogP contribution < -0.4 is 18.9 Å². The quantitative estimate of drug-likeness (QED) is 0.0227. The number of nitrogens with zero attached hydrogens (tertiary/aromatic N) is 4. The number of phenolic OH excluding ortho intramolecular Hbond substituents is 4. The molecule has 0 saturated carbocycles. The molecule has 0 heterocycles. The maximum atomic E-state index is 11.6. The lowest BCUT2D eigenvalue weighted by molar-refractivity contribution is 0.199. The Hall–Kier alpha value is -6.82. The molecule has 4 N–H and O–H groups in total. The number of benzene rings is 5. The summed E-state index contributed by atoms with van der Waals surface area (Å²) in [5, 5.41) is 44.5. The van der Waals surface area contributed by atoms with Gasteiger partial charge in [0.15, 0.2) is 23.0 Å². The van der Waals surface area contributed by atoms with E-state index >= 15 is 0 Å². The normalized spacial score (nSPS) is 13.4. The molecule has 0 aromatic heterocycles. The number of para-hydroxylation sites is 2. The van der Waals surface area contributed by atoms with Gasteiger partial charge >= 0.3 is 0 Å². The second-order valence-electron chi connectivity index (χ2n) is 20.6. The van der Waals surface area contributed by atoms with Crippen molar-refractivity contribution in [2.75, 3.05) is 26.4 Å². The second kappa shape index (κ2) is 34.1. The summed E-state index contributed by atoms with van der Waals surface area (Å²) in [5.41, 5.74) is 3.32. The van der Waals surface area contributed by atoms with Gasteiger partial charge in [0, 0.05) is 71.4 Å². The Morgan fingerprint density at radius 1 is 0.346 bits per heavy atom. The van der Waals surface area contributed by atoms with Crippen molar-refractivity contribution in [3.8, 4) is 46.0 Å². The minimum absolute atomic E-state index is 0.0866. The molecule has 0 aliphatic heterocycles. The van der Waals surface area contributed by atoms with Gasteiger partial charge in [-0.25, -0.2) is 0 Å². The third-order valence-electron chi connectivity index (χ3n) is 14.6.